The number of nitrogens with one attached hydrogen (secondary N) is 2. The van der Waals surface area contributed by atoms with E-state index in [1.54, 1.807) is 18.2 Å². The molecule has 6 nitrogen and oxygen atoms in total. The third-order valence-corrected chi connectivity index (χ3v) is 5.20. The van der Waals surface area contributed by atoms with E-state index in [4.69, 9.17) is 4.74 Å². The van der Waals surface area contributed by atoms with Gasteiger partial charge in [0.25, 0.3) is 5.91 Å². The normalized spacial score (nSPS) is 17.0. The predicted molar refractivity (Wildman–Crippen MR) is 115 cm³/mol. The molecule has 0 spiro atoms. The van der Waals surface area contributed by atoms with Crippen LogP contribution in [0.3, 0.4) is 0 Å². The Morgan fingerprint density at radius 3 is 2.72 bits per heavy atom. The second-order valence-corrected chi connectivity index (χ2v) is 8.12. The molecule has 1 saturated heterocycles. The Morgan fingerprint density at radius 2 is 1.93 bits per heavy atom. The summed E-state index contributed by atoms with van der Waals surface area (Å²) in [5.41, 5.74) is 2.77. The molecule has 1 unspecified atom stereocenters. The van der Waals surface area contributed by atoms with Crippen LogP contribution in [0.4, 0.5) is 0 Å². The van der Waals surface area contributed by atoms with Crippen molar-refractivity contribution in [1.82, 2.24) is 15.5 Å². The lowest BCUT2D eigenvalue weighted by Gasteiger charge is -2.31. The fourth-order valence-electron chi connectivity index (χ4n) is 3.29. The van der Waals surface area contributed by atoms with Gasteiger partial charge in [0.15, 0.2) is 0 Å². The molecule has 3 rings (SSSR count). The summed E-state index contributed by atoms with van der Waals surface area (Å²) in [4.78, 5) is 26.6. The minimum atomic E-state index is -0.275. The van der Waals surface area contributed by atoms with E-state index in [2.05, 4.69) is 50.5 Å². The van der Waals surface area contributed by atoms with Crippen molar-refractivity contribution in [1.29, 1.82) is 0 Å². The first kappa shape index (κ1) is 21.5. The highest BCUT2D eigenvalue weighted by atomic mass is 79.9. The Morgan fingerprint density at radius 1 is 1.14 bits per heavy atom. The van der Waals surface area contributed by atoms with Gasteiger partial charge in [-0.05, 0) is 36.2 Å². The molecule has 2 aromatic carbocycles. The van der Waals surface area contributed by atoms with Crippen molar-refractivity contribution in [3.05, 3.63) is 69.7 Å². The number of amides is 2. The van der Waals surface area contributed by atoms with E-state index < -0.39 is 0 Å². The maximum Gasteiger partial charge on any atom is 0.251 e. The molecule has 0 bridgehead atoms. The average Bonchev–Trinajstić information content (AvgIpc) is 2.71. The van der Waals surface area contributed by atoms with E-state index in [1.807, 2.05) is 18.2 Å². The number of hydrogen-bond acceptors (Lipinski definition) is 4. The van der Waals surface area contributed by atoms with Crippen LogP contribution in [0.25, 0.3) is 0 Å². The molecule has 0 saturated carbocycles. The molecule has 0 aromatic heterocycles. The number of nitrogens with zero attached hydrogens (tertiary/aromatic N) is 1. The van der Waals surface area contributed by atoms with Crippen molar-refractivity contribution in [2.75, 3.05) is 26.2 Å². The van der Waals surface area contributed by atoms with Crippen molar-refractivity contribution in [3.8, 4) is 0 Å². The minimum Gasteiger partial charge on any atom is -0.376 e. The molecule has 2 amide bonds. The van der Waals surface area contributed by atoms with Crippen molar-refractivity contribution in [2.24, 2.45) is 0 Å². The Labute approximate surface area is 179 Å². The van der Waals surface area contributed by atoms with E-state index >= 15 is 0 Å². The molecule has 1 aliphatic rings. The summed E-state index contributed by atoms with van der Waals surface area (Å²) >= 11 is 3.33. The lowest BCUT2D eigenvalue weighted by molar-refractivity contribution is -0.120. The third-order valence-electron chi connectivity index (χ3n) is 4.71. The van der Waals surface area contributed by atoms with Gasteiger partial charge in [-0.1, -0.05) is 46.3 Å². The molecule has 1 heterocycles. The zero-order valence-electron chi connectivity index (χ0n) is 16.5. The van der Waals surface area contributed by atoms with Crippen molar-refractivity contribution < 1.29 is 14.3 Å². The van der Waals surface area contributed by atoms with Gasteiger partial charge in [0.1, 0.15) is 0 Å². The maximum absolute atomic E-state index is 12.1. The SMILES string of the molecule is CC1CN(Cc2cccc(CNC(=O)CNC(=O)c3cccc(Br)c3)c2)CCO1. The van der Waals surface area contributed by atoms with E-state index in [0.717, 1.165) is 36.3 Å². The lowest BCUT2D eigenvalue weighted by atomic mass is 10.1. The van der Waals surface area contributed by atoms with Gasteiger partial charge in [0.05, 0.1) is 19.3 Å². The van der Waals surface area contributed by atoms with E-state index in [0.29, 0.717) is 12.1 Å². The van der Waals surface area contributed by atoms with E-state index in [1.165, 1.54) is 5.56 Å². The molecule has 1 aliphatic heterocycles. The Kier molecular flexibility index (Phi) is 7.80. The standard InChI is InChI=1S/C22H26BrN3O3/c1-16-14-26(8-9-29-16)15-18-5-2-4-17(10-18)12-24-21(27)13-25-22(28)19-6-3-7-20(23)11-19/h2-7,10-11,16H,8-9,12-15H2,1H3,(H,24,27)(H,25,28). The number of ether oxygens (including phenoxy) is 1. The molecule has 2 aromatic rings. The van der Waals surface area contributed by atoms with Crippen LogP contribution in [0.2, 0.25) is 0 Å². The molecule has 29 heavy (non-hydrogen) atoms. The first-order chi connectivity index (χ1) is 14.0. The Hall–Kier alpha value is -2.22. The molecular weight excluding hydrogens is 434 g/mol. The van der Waals surface area contributed by atoms with Crippen LogP contribution in [0, 0.1) is 0 Å². The molecule has 2 N–H and O–H groups in total. The number of carbonyl (C=O) groups is 2. The molecule has 1 atom stereocenters. The van der Waals surface area contributed by atoms with Crippen LogP contribution in [0.1, 0.15) is 28.4 Å². The molecule has 1 fully saturated rings. The number of hydrogen-bond donors (Lipinski definition) is 2. The van der Waals surface area contributed by atoms with Gasteiger partial charge in [0, 0.05) is 36.2 Å². The minimum absolute atomic E-state index is 0.0588. The first-order valence-corrected chi connectivity index (χ1v) is 10.5. The number of halogens is 1. The lowest BCUT2D eigenvalue weighted by Crippen LogP contribution is -2.40. The highest BCUT2D eigenvalue weighted by Gasteiger charge is 2.16. The zero-order valence-corrected chi connectivity index (χ0v) is 18.1. The Balaban J connectivity index is 1.44. The zero-order chi connectivity index (χ0) is 20.6. The van der Waals surface area contributed by atoms with Gasteiger partial charge < -0.3 is 15.4 Å². The largest absolute Gasteiger partial charge is 0.376 e. The van der Waals surface area contributed by atoms with Gasteiger partial charge in [-0.2, -0.15) is 0 Å². The van der Waals surface area contributed by atoms with Gasteiger partial charge >= 0.3 is 0 Å². The third kappa shape index (κ3) is 6.96. The highest BCUT2D eigenvalue weighted by Crippen LogP contribution is 2.13. The van der Waals surface area contributed by atoms with Gasteiger partial charge in [-0.15, -0.1) is 0 Å². The fourth-order valence-corrected chi connectivity index (χ4v) is 3.69. The second-order valence-electron chi connectivity index (χ2n) is 7.21. The van der Waals surface area contributed by atoms with Crippen LogP contribution in [-0.2, 0) is 22.6 Å². The topological polar surface area (TPSA) is 70.7 Å². The van der Waals surface area contributed by atoms with E-state index in [9.17, 15) is 9.59 Å². The fraction of sp³-hybridized carbons (Fsp3) is 0.364. The van der Waals surface area contributed by atoms with Crippen molar-refractivity contribution in [3.63, 3.8) is 0 Å². The van der Waals surface area contributed by atoms with E-state index in [-0.39, 0.29) is 24.5 Å². The average molecular weight is 460 g/mol. The number of rotatable bonds is 7. The van der Waals surface area contributed by atoms with Gasteiger partial charge in [-0.3, -0.25) is 14.5 Å². The maximum atomic E-state index is 12.1. The molecular formula is C22H26BrN3O3. The molecule has 7 heteroatoms. The smallest absolute Gasteiger partial charge is 0.251 e. The summed E-state index contributed by atoms with van der Waals surface area (Å²) in [7, 11) is 0. The second kappa shape index (κ2) is 10.5. The molecule has 154 valence electrons. The number of morpholine rings is 1. The van der Waals surface area contributed by atoms with Crippen LogP contribution >= 0.6 is 15.9 Å². The van der Waals surface area contributed by atoms with Crippen LogP contribution in [0.5, 0.6) is 0 Å². The summed E-state index contributed by atoms with van der Waals surface area (Å²) in [5.74, 6) is -0.496. The predicted octanol–water partition coefficient (Wildman–Crippen LogP) is 2.72. The molecule has 0 aliphatic carbocycles. The monoisotopic (exact) mass is 459 g/mol. The van der Waals surface area contributed by atoms with Gasteiger partial charge in [-0.25, -0.2) is 0 Å². The van der Waals surface area contributed by atoms with Crippen LogP contribution in [-0.4, -0.2) is 49.1 Å². The summed E-state index contributed by atoms with van der Waals surface area (Å²) in [5, 5.41) is 5.50. The van der Waals surface area contributed by atoms with Gasteiger partial charge in [0.2, 0.25) is 5.91 Å². The van der Waals surface area contributed by atoms with Crippen LogP contribution < -0.4 is 10.6 Å². The first-order valence-electron chi connectivity index (χ1n) is 9.72. The quantitative estimate of drug-likeness (QED) is 0.667. The number of carbonyl (C=O) groups excluding carboxylic acids is 2. The summed E-state index contributed by atoms with van der Waals surface area (Å²) in [6.07, 6.45) is 0.262. The van der Waals surface area contributed by atoms with Crippen molar-refractivity contribution in [2.45, 2.75) is 26.1 Å². The van der Waals surface area contributed by atoms with Crippen LogP contribution in [0.15, 0.2) is 53.0 Å². The van der Waals surface area contributed by atoms with Crippen molar-refractivity contribution >= 4 is 27.7 Å². The Bertz CT molecular complexity index is 859. The highest BCUT2D eigenvalue weighted by molar-refractivity contribution is 9.10. The summed E-state index contributed by atoms with van der Waals surface area (Å²) in [6, 6.07) is 15.3. The molecule has 0 radical (unpaired) electrons. The number of benzene rings is 2. The summed E-state index contributed by atoms with van der Waals surface area (Å²) < 4.78 is 6.41. The summed E-state index contributed by atoms with van der Waals surface area (Å²) in [6.45, 7) is 5.96.